The third-order valence-corrected chi connectivity index (χ3v) is 7.92. The number of nitrogens with one attached hydrogen (secondary N) is 1. The molecule has 0 radical (unpaired) electrons. The van der Waals surface area contributed by atoms with Gasteiger partial charge in [0.15, 0.2) is 16.6 Å². The summed E-state index contributed by atoms with van der Waals surface area (Å²) in [6, 6.07) is 6.88. The lowest BCUT2D eigenvalue weighted by atomic mass is 9.89. The van der Waals surface area contributed by atoms with Gasteiger partial charge in [0, 0.05) is 16.1 Å². The molecule has 0 saturated carbocycles. The molecule has 3 aromatic heterocycles. The number of rotatable bonds is 5. The van der Waals surface area contributed by atoms with Crippen molar-refractivity contribution in [1.82, 2.24) is 19.6 Å². The molecule has 5 rings (SSSR count). The third kappa shape index (κ3) is 3.80. The lowest BCUT2D eigenvalue weighted by Crippen LogP contribution is -2.14. The summed E-state index contributed by atoms with van der Waals surface area (Å²) >= 11 is 3.12. The molecule has 1 aliphatic rings. The molecule has 0 fully saturated rings. The van der Waals surface area contributed by atoms with Gasteiger partial charge >= 0.3 is 0 Å². The van der Waals surface area contributed by atoms with Gasteiger partial charge in [-0.25, -0.2) is 4.98 Å². The Bertz CT molecular complexity index is 1360. The monoisotopic (exact) mass is 465 g/mol. The maximum atomic E-state index is 12.5. The zero-order valence-electron chi connectivity index (χ0n) is 18.1. The lowest BCUT2D eigenvalue weighted by Gasteiger charge is -2.17. The SMILES string of the molecule is CC(=O)c1ccc(NC(=O)CSc2nnc3c4c5c(sc4nc(C)n23)C[C@@H](C)CC5)cc1. The fraction of sp³-hybridized carbons (Fsp3) is 0.348. The highest BCUT2D eigenvalue weighted by molar-refractivity contribution is 7.99. The molecule has 0 unspecified atom stereocenters. The summed E-state index contributed by atoms with van der Waals surface area (Å²) in [5.41, 5.74) is 3.48. The average Bonchev–Trinajstić information content (AvgIpc) is 3.33. The third-order valence-electron chi connectivity index (χ3n) is 5.84. The number of Topliss-reactive ketones (excluding diaryl/α,β-unsaturated/α-hetero) is 1. The van der Waals surface area contributed by atoms with Crippen LogP contribution in [-0.2, 0) is 17.6 Å². The van der Waals surface area contributed by atoms with Crippen LogP contribution in [0.5, 0.6) is 0 Å². The Morgan fingerprint density at radius 2 is 2.03 bits per heavy atom. The second-order valence-electron chi connectivity index (χ2n) is 8.30. The van der Waals surface area contributed by atoms with Gasteiger partial charge in [-0.05, 0) is 68.9 Å². The molecular formula is C23H23N5O2S2. The van der Waals surface area contributed by atoms with Crippen molar-refractivity contribution in [2.45, 2.75) is 45.2 Å². The van der Waals surface area contributed by atoms with Crippen LogP contribution in [0.3, 0.4) is 0 Å². The first-order chi connectivity index (χ1) is 15.4. The zero-order chi connectivity index (χ0) is 22.4. The molecule has 0 aliphatic heterocycles. The van der Waals surface area contributed by atoms with E-state index in [2.05, 4.69) is 22.4 Å². The first kappa shape index (κ1) is 21.1. The maximum absolute atomic E-state index is 12.5. The molecule has 3 heterocycles. The van der Waals surface area contributed by atoms with Crippen LogP contribution in [-0.4, -0.2) is 37.0 Å². The molecule has 1 amide bonds. The van der Waals surface area contributed by atoms with E-state index in [1.807, 2.05) is 11.3 Å². The number of hydrogen-bond donors (Lipinski definition) is 1. The molecule has 1 aromatic carbocycles. The highest BCUT2D eigenvalue weighted by atomic mass is 32.2. The Balaban J connectivity index is 1.37. The van der Waals surface area contributed by atoms with Crippen molar-refractivity contribution < 1.29 is 9.59 Å². The molecule has 1 aliphatic carbocycles. The van der Waals surface area contributed by atoms with E-state index < -0.39 is 0 Å². The molecular weight excluding hydrogens is 442 g/mol. The molecule has 1 N–H and O–H groups in total. The van der Waals surface area contributed by atoms with Crippen LogP contribution in [0.15, 0.2) is 29.4 Å². The van der Waals surface area contributed by atoms with Gasteiger partial charge < -0.3 is 5.32 Å². The maximum Gasteiger partial charge on any atom is 0.234 e. The number of benzene rings is 1. The van der Waals surface area contributed by atoms with Crippen LogP contribution in [0.25, 0.3) is 15.9 Å². The first-order valence-corrected chi connectivity index (χ1v) is 12.4. The van der Waals surface area contributed by atoms with Crippen molar-refractivity contribution in [2.24, 2.45) is 5.92 Å². The zero-order valence-corrected chi connectivity index (χ0v) is 19.8. The van der Waals surface area contributed by atoms with E-state index in [0.29, 0.717) is 22.3 Å². The van der Waals surface area contributed by atoms with Gasteiger partial charge in [0.25, 0.3) is 0 Å². The number of hydrogen-bond acceptors (Lipinski definition) is 7. The molecule has 4 aromatic rings. The summed E-state index contributed by atoms with van der Waals surface area (Å²) < 4.78 is 1.97. The number of nitrogens with zero attached hydrogens (tertiary/aromatic N) is 4. The number of carbonyl (C=O) groups is 2. The molecule has 0 spiro atoms. The minimum absolute atomic E-state index is 0.00314. The Morgan fingerprint density at radius 1 is 1.25 bits per heavy atom. The summed E-state index contributed by atoms with van der Waals surface area (Å²) in [6.07, 6.45) is 3.34. The lowest BCUT2D eigenvalue weighted by molar-refractivity contribution is -0.113. The highest BCUT2D eigenvalue weighted by Gasteiger charge is 2.25. The van der Waals surface area contributed by atoms with Gasteiger partial charge in [-0.15, -0.1) is 21.5 Å². The first-order valence-electron chi connectivity index (χ1n) is 10.6. The Morgan fingerprint density at radius 3 is 2.78 bits per heavy atom. The number of carbonyl (C=O) groups excluding carboxylic acids is 2. The second-order valence-corrected chi connectivity index (χ2v) is 10.3. The van der Waals surface area contributed by atoms with Crippen molar-refractivity contribution in [3.8, 4) is 0 Å². The van der Waals surface area contributed by atoms with E-state index >= 15 is 0 Å². The van der Waals surface area contributed by atoms with Crippen molar-refractivity contribution >= 4 is 56.3 Å². The van der Waals surface area contributed by atoms with Gasteiger partial charge in [-0.3, -0.25) is 14.0 Å². The van der Waals surface area contributed by atoms with Gasteiger partial charge in [-0.2, -0.15) is 0 Å². The quantitative estimate of drug-likeness (QED) is 0.339. The van der Waals surface area contributed by atoms with Gasteiger partial charge in [0.2, 0.25) is 5.91 Å². The predicted octanol–water partition coefficient (Wildman–Crippen LogP) is 4.71. The summed E-state index contributed by atoms with van der Waals surface area (Å²) in [5.74, 6) is 1.58. The van der Waals surface area contributed by atoms with E-state index in [1.54, 1.807) is 35.6 Å². The van der Waals surface area contributed by atoms with Crippen LogP contribution in [0.4, 0.5) is 5.69 Å². The molecule has 7 nitrogen and oxygen atoms in total. The van der Waals surface area contributed by atoms with Crippen LogP contribution in [0.2, 0.25) is 0 Å². The normalized spacial score (nSPS) is 15.8. The molecule has 9 heteroatoms. The molecule has 32 heavy (non-hydrogen) atoms. The second kappa shape index (κ2) is 8.29. The standard InChI is InChI=1S/C23H23N5O2S2/c1-12-4-9-17-18(10-12)32-22-20(17)21-26-27-23(28(21)14(3)24-22)31-11-19(30)25-16-7-5-15(6-8-16)13(2)29/h5-8,12H,4,9-11H2,1-3H3,(H,25,30)/t12-/m0/s1. The van der Waals surface area contributed by atoms with Gasteiger partial charge in [0.1, 0.15) is 10.7 Å². The Labute approximate surface area is 193 Å². The minimum Gasteiger partial charge on any atom is -0.325 e. The van der Waals surface area contributed by atoms with Gasteiger partial charge in [0.05, 0.1) is 11.1 Å². The van der Waals surface area contributed by atoms with E-state index in [0.717, 1.165) is 34.5 Å². The van der Waals surface area contributed by atoms with Crippen molar-refractivity contribution in [1.29, 1.82) is 0 Å². The van der Waals surface area contributed by atoms with E-state index in [-0.39, 0.29) is 17.4 Å². The van der Waals surface area contributed by atoms with E-state index in [4.69, 9.17) is 4.98 Å². The van der Waals surface area contributed by atoms with Crippen molar-refractivity contribution in [3.63, 3.8) is 0 Å². The predicted molar refractivity (Wildman–Crippen MR) is 128 cm³/mol. The van der Waals surface area contributed by atoms with Gasteiger partial charge in [-0.1, -0.05) is 18.7 Å². The molecule has 1 atom stereocenters. The molecule has 0 saturated heterocycles. The smallest absolute Gasteiger partial charge is 0.234 e. The number of fused-ring (bicyclic) bond motifs is 5. The van der Waals surface area contributed by atoms with Crippen LogP contribution in [0, 0.1) is 12.8 Å². The number of aromatic nitrogens is 4. The fourth-order valence-corrected chi connectivity index (χ4v) is 6.38. The summed E-state index contributed by atoms with van der Waals surface area (Å²) in [4.78, 5) is 31.2. The van der Waals surface area contributed by atoms with Crippen molar-refractivity contribution in [3.05, 3.63) is 46.1 Å². The Kier molecular flexibility index (Phi) is 5.46. The number of ketones is 1. The largest absolute Gasteiger partial charge is 0.325 e. The van der Waals surface area contributed by atoms with Crippen molar-refractivity contribution in [2.75, 3.05) is 11.1 Å². The van der Waals surface area contributed by atoms with E-state index in [9.17, 15) is 9.59 Å². The number of anilines is 1. The average molecular weight is 466 g/mol. The summed E-state index contributed by atoms with van der Waals surface area (Å²) in [5, 5.41) is 13.5. The van der Waals surface area contributed by atoms with Crippen LogP contribution in [0.1, 0.15) is 46.9 Å². The van der Waals surface area contributed by atoms with Crippen LogP contribution < -0.4 is 5.32 Å². The fourth-order valence-electron chi connectivity index (χ4n) is 4.18. The molecule has 164 valence electrons. The highest BCUT2D eigenvalue weighted by Crippen LogP contribution is 2.39. The van der Waals surface area contributed by atoms with Crippen LogP contribution >= 0.6 is 23.1 Å². The summed E-state index contributed by atoms with van der Waals surface area (Å²) in [6.45, 7) is 5.78. The van der Waals surface area contributed by atoms with E-state index in [1.165, 1.54) is 35.5 Å². The topological polar surface area (TPSA) is 89.2 Å². The Hall–Kier alpha value is -2.78. The molecule has 0 bridgehead atoms. The number of amides is 1. The number of aryl methyl sites for hydroxylation is 2. The minimum atomic E-state index is -0.143. The number of thioether (sulfide) groups is 1. The summed E-state index contributed by atoms with van der Waals surface area (Å²) in [7, 11) is 0. The number of thiophene rings is 1.